The zero-order chi connectivity index (χ0) is 16.9. The van der Waals surface area contributed by atoms with Gasteiger partial charge in [0.15, 0.2) is 0 Å². The molecule has 0 unspecified atom stereocenters. The summed E-state index contributed by atoms with van der Waals surface area (Å²) >= 11 is 13.1. The highest BCUT2D eigenvalue weighted by molar-refractivity contribution is 7.99. The lowest BCUT2D eigenvalue weighted by Crippen LogP contribution is -2.14. The van der Waals surface area contributed by atoms with Crippen LogP contribution in [0.15, 0.2) is 58.2 Å². The Bertz CT molecular complexity index is 870. The molecule has 0 radical (unpaired) electrons. The van der Waals surface area contributed by atoms with E-state index in [1.54, 1.807) is 42.5 Å². The second-order valence-corrected chi connectivity index (χ2v) is 6.47. The van der Waals surface area contributed by atoms with Crippen LogP contribution in [0.3, 0.4) is 0 Å². The third-order valence-electron chi connectivity index (χ3n) is 2.95. The van der Waals surface area contributed by atoms with Gasteiger partial charge in [0, 0.05) is 10.6 Å². The molecule has 0 aliphatic heterocycles. The summed E-state index contributed by atoms with van der Waals surface area (Å²) in [6, 6.07) is 14.1. The van der Waals surface area contributed by atoms with E-state index in [-0.39, 0.29) is 11.7 Å². The lowest BCUT2D eigenvalue weighted by molar-refractivity contribution is -0.113. The van der Waals surface area contributed by atoms with E-state index in [1.807, 2.05) is 6.07 Å². The van der Waals surface area contributed by atoms with Crippen molar-refractivity contribution in [2.24, 2.45) is 0 Å². The predicted molar refractivity (Wildman–Crippen MR) is 95.5 cm³/mol. The van der Waals surface area contributed by atoms with Crippen LogP contribution in [-0.2, 0) is 4.79 Å². The number of nitrogens with one attached hydrogen (secondary N) is 1. The molecule has 5 nitrogen and oxygen atoms in total. The number of anilines is 1. The number of halogens is 2. The van der Waals surface area contributed by atoms with Crippen molar-refractivity contribution in [3.05, 3.63) is 58.6 Å². The van der Waals surface area contributed by atoms with Crippen molar-refractivity contribution in [2.75, 3.05) is 11.1 Å². The maximum Gasteiger partial charge on any atom is 0.277 e. The van der Waals surface area contributed by atoms with E-state index >= 15 is 0 Å². The van der Waals surface area contributed by atoms with Crippen molar-refractivity contribution in [1.82, 2.24) is 10.2 Å². The lowest BCUT2D eigenvalue weighted by Gasteiger charge is -2.05. The van der Waals surface area contributed by atoms with E-state index in [4.69, 9.17) is 27.6 Å². The van der Waals surface area contributed by atoms with Crippen LogP contribution in [0.4, 0.5) is 5.69 Å². The smallest absolute Gasteiger partial charge is 0.277 e. The van der Waals surface area contributed by atoms with Gasteiger partial charge in [0.2, 0.25) is 11.8 Å². The number of hydrogen-bond donors (Lipinski definition) is 1. The minimum atomic E-state index is -0.212. The van der Waals surface area contributed by atoms with Crippen LogP contribution in [-0.4, -0.2) is 21.9 Å². The number of benzene rings is 2. The van der Waals surface area contributed by atoms with Crippen molar-refractivity contribution in [3.8, 4) is 11.5 Å². The van der Waals surface area contributed by atoms with E-state index in [0.717, 1.165) is 17.3 Å². The summed E-state index contributed by atoms with van der Waals surface area (Å²) in [6.45, 7) is 0. The largest absolute Gasteiger partial charge is 0.411 e. The van der Waals surface area contributed by atoms with Crippen LogP contribution in [0.1, 0.15) is 0 Å². The molecule has 1 N–H and O–H groups in total. The second-order valence-electron chi connectivity index (χ2n) is 4.70. The van der Waals surface area contributed by atoms with Crippen LogP contribution in [0.25, 0.3) is 11.5 Å². The minimum absolute atomic E-state index is 0.127. The molecule has 0 fully saturated rings. The summed E-state index contributed by atoms with van der Waals surface area (Å²) < 4.78 is 5.53. The number of nitrogens with zero attached hydrogens (tertiary/aromatic N) is 2. The van der Waals surface area contributed by atoms with Crippen LogP contribution >= 0.6 is 35.0 Å². The Hall–Kier alpha value is -2.02. The Labute approximate surface area is 152 Å². The highest BCUT2D eigenvalue weighted by atomic mass is 35.5. The first-order valence-corrected chi connectivity index (χ1v) is 8.62. The molecule has 0 aliphatic carbocycles. The van der Waals surface area contributed by atoms with Gasteiger partial charge in [-0.15, -0.1) is 10.2 Å². The molecule has 0 bridgehead atoms. The molecule has 1 amide bonds. The van der Waals surface area contributed by atoms with Crippen molar-refractivity contribution in [2.45, 2.75) is 5.22 Å². The molecule has 1 heterocycles. The number of thioether (sulfide) groups is 1. The zero-order valence-electron chi connectivity index (χ0n) is 12.2. The van der Waals surface area contributed by atoms with Gasteiger partial charge in [-0.1, -0.05) is 53.2 Å². The molecule has 2 aromatic carbocycles. The summed E-state index contributed by atoms with van der Waals surface area (Å²) in [5.74, 6) is 0.268. The third-order valence-corrected chi connectivity index (χ3v) is 4.34. The number of amides is 1. The number of hydrogen-bond acceptors (Lipinski definition) is 5. The van der Waals surface area contributed by atoms with Gasteiger partial charge in [0.05, 0.1) is 16.5 Å². The Kier molecular flexibility index (Phi) is 5.40. The van der Waals surface area contributed by atoms with Gasteiger partial charge in [-0.2, -0.15) is 0 Å². The summed E-state index contributed by atoms with van der Waals surface area (Å²) in [5, 5.41) is 12.0. The second kappa shape index (κ2) is 7.70. The SMILES string of the molecule is O=C(CSc1nnc(-c2cccc(Cl)c2)o1)Nc1ccccc1Cl. The molecule has 0 atom stereocenters. The van der Waals surface area contributed by atoms with Gasteiger partial charge in [-0.25, -0.2) is 0 Å². The van der Waals surface area contributed by atoms with Crippen molar-refractivity contribution in [3.63, 3.8) is 0 Å². The minimum Gasteiger partial charge on any atom is -0.411 e. The van der Waals surface area contributed by atoms with E-state index in [2.05, 4.69) is 15.5 Å². The molecule has 3 rings (SSSR count). The van der Waals surface area contributed by atoms with E-state index in [0.29, 0.717) is 26.8 Å². The molecule has 24 heavy (non-hydrogen) atoms. The summed E-state index contributed by atoms with van der Waals surface area (Å²) in [5.41, 5.74) is 1.29. The standard InChI is InChI=1S/C16H11Cl2N3O2S/c17-11-5-3-4-10(8-11)15-20-21-16(23-15)24-9-14(22)19-13-7-2-1-6-12(13)18/h1-8H,9H2,(H,19,22). The molecule has 1 aromatic heterocycles. The average Bonchev–Trinajstić information content (AvgIpc) is 3.04. The van der Waals surface area contributed by atoms with Crippen LogP contribution in [0, 0.1) is 0 Å². The zero-order valence-corrected chi connectivity index (χ0v) is 14.5. The van der Waals surface area contributed by atoms with Gasteiger partial charge in [-0.05, 0) is 30.3 Å². The first-order chi connectivity index (χ1) is 11.6. The fraction of sp³-hybridized carbons (Fsp3) is 0.0625. The summed E-state index contributed by atoms with van der Waals surface area (Å²) in [7, 11) is 0. The van der Waals surface area contributed by atoms with Gasteiger partial charge >= 0.3 is 0 Å². The number of carbonyl (C=O) groups is 1. The van der Waals surface area contributed by atoms with E-state index < -0.39 is 0 Å². The van der Waals surface area contributed by atoms with E-state index in [9.17, 15) is 4.79 Å². The molecule has 0 aliphatic rings. The molecular formula is C16H11Cl2N3O2S. The Balaban J connectivity index is 1.59. The van der Waals surface area contributed by atoms with Gasteiger partial charge in [0.1, 0.15) is 0 Å². The normalized spacial score (nSPS) is 10.6. The summed E-state index contributed by atoms with van der Waals surface area (Å²) in [6.07, 6.45) is 0. The maximum absolute atomic E-state index is 12.0. The first-order valence-electron chi connectivity index (χ1n) is 6.88. The lowest BCUT2D eigenvalue weighted by atomic mass is 10.2. The molecule has 8 heteroatoms. The molecule has 0 spiro atoms. The number of aromatic nitrogens is 2. The highest BCUT2D eigenvalue weighted by Gasteiger charge is 2.12. The molecule has 0 saturated heterocycles. The van der Waals surface area contributed by atoms with Gasteiger partial charge in [0.25, 0.3) is 5.22 Å². The molecule has 0 saturated carbocycles. The topological polar surface area (TPSA) is 68.0 Å². The van der Waals surface area contributed by atoms with Crippen molar-refractivity contribution < 1.29 is 9.21 Å². The number of rotatable bonds is 5. The predicted octanol–water partition coefficient (Wildman–Crippen LogP) is 4.77. The fourth-order valence-corrected chi connectivity index (χ4v) is 2.82. The molecule has 3 aromatic rings. The van der Waals surface area contributed by atoms with Crippen LogP contribution in [0.5, 0.6) is 0 Å². The van der Waals surface area contributed by atoms with Crippen LogP contribution in [0.2, 0.25) is 10.0 Å². The van der Waals surface area contributed by atoms with Crippen molar-refractivity contribution in [1.29, 1.82) is 0 Å². The highest BCUT2D eigenvalue weighted by Crippen LogP contribution is 2.25. The Morgan fingerprint density at radius 3 is 2.75 bits per heavy atom. The van der Waals surface area contributed by atoms with Crippen LogP contribution < -0.4 is 5.32 Å². The molecule has 122 valence electrons. The van der Waals surface area contributed by atoms with Gasteiger partial charge < -0.3 is 9.73 Å². The quantitative estimate of drug-likeness (QED) is 0.646. The monoisotopic (exact) mass is 379 g/mol. The Morgan fingerprint density at radius 1 is 1.12 bits per heavy atom. The number of para-hydroxylation sites is 1. The Morgan fingerprint density at radius 2 is 1.96 bits per heavy atom. The van der Waals surface area contributed by atoms with Crippen molar-refractivity contribution >= 4 is 46.6 Å². The first kappa shape index (κ1) is 16.8. The summed E-state index contributed by atoms with van der Waals surface area (Å²) in [4.78, 5) is 12.0. The number of carbonyl (C=O) groups excluding carboxylic acids is 1. The van der Waals surface area contributed by atoms with Gasteiger partial charge in [-0.3, -0.25) is 4.79 Å². The molecular weight excluding hydrogens is 369 g/mol. The fourth-order valence-electron chi connectivity index (χ4n) is 1.88. The average molecular weight is 380 g/mol. The maximum atomic E-state index is 12.0. The van der Waals surface area contributed by atoms with E-state index in [1.165, 1.54) is 0 Å². The third kappa shape index (κ3) is 4.29.